The van der Waals surface area contributed by atoms with Crippen LogP contribution in [-0.2, 0) is 5.97 Å². The SMILES string of the molecule is OC(O)(O)c1cc(Br)cc2cccnc12. The van der Waals surface area contributed by atoms with Crippen molar-refractivity contribution in [2.24, 2.45) is 0 Å². The number of pyridine rings is 1. The van der Waals surface area contributed by atoms with Crippen LogP contribution in [0.3, 0.4) is 0 Å². The van der Waals surface area contributed by atoms with E-state index < -0.39 is 5.97 Å². The smallest absolute Gasteiger partial charge is 0.306 e. The summed E-state index contributed by atoms with van der Waals surface area (Å²) in [4.78, 5) is 3.99. The van der Waals surface area contributed by atoms with Gasteiger partial charge in [-0.05, 0) is 18.2 Å². The van der Waals surface area contributed by atoms with Crippen molar-refractivity contribution >= 4 is 26.8 Å². The number of nitrogens with zero attached hydrogens (tertiary/aromatic N) is 1. The quantitative estimate of drug-likeness (QED) is 0.678. The van der Waals surface area contributed by atoms with Gasteiger partial charge in [0.15, 0.2) is 0 Å². The molecule has 5 heteroatoms. The van der Waals surface area contributed by atoms with Crippen molar-refractivity contribution < 1.29 is 15.3 Å². The Bertz CT molecular complexity index is 507. The summed E-state index contributed by atoms with van der Waals surface area (Å²) in [6.07, 6.45) is 1.52. The fourth-order valence-electron chi connectivity index (χ4n) is 1.41. The Morgan fingerprint density at radius 3 is 2.60 bits per heavy atom. The minimum atomic E-state index is -2.88. The summed E-state index contributed by atoms with van der Waals surface area (Å²) in [5.41, 5.74) is 0.306. The molecule has 0 spiro atoms. The highest BCUT2D eigenvalue weighted by molar-refractivity contribution is 9.10. The maximum absolute atomic E-state index is 9.16. The van der Waals surface area contributed by atoms with Crippen LogP contribution in [-0.4, -0.2) is 20.3 Å². The van der Waals surface area contributed by atoms with E-state index in [9.17, 15) is 0 Å². The maximum atomic E-state index is 9.16. The molecule has 0 saturated carbocycles. The average molecular weight is 270 g/mol. The van der Waals surface area contributed by atoms with Gasteiger partial charge in [0.1, 0.15) is 0 Å². The van der Waals surface area contributed by atoms with Gasteiger partial charge in [0.2, 0.25) is 0 Å². The molecule has 0 atom stereocenters. The maximum Gasteiger partial charge on any atom is 0.306 e. The van der Waals surface area contributed by atoms with E-state index in [1.807, 2.05) is 0 Å². The number of halogens is 1. The molecule has 0 amide bonds. The lowest BCUT2D eigenvalue weighted by Crippen LogP contribution is -2.24. The lowest BCUT2D eigenvalue weighted by atomic mass is 10.1. The Balaban J connectivity index is 2.83. The first-order chi connectivity index (χ1) is 6.98. The summed E-state index contributed by atoms with van der Waals surface area (Å²) >= 11 is 3.21. The molecule has 0 bridgehead atoms. The van der Waals surface area contributed by atoms with Crippen molar-refractivity contribution in [1.29, 1.82) is 0 Å². The number of aromatic nitrogens is 1. The summed E-state index contributed by atoms with van der Waals surface area (Å²) in [5, 5.41) is 28.2. The Labute approximate surface area is 93.9 Å². The standard InChI is InChI=1S/C10H8BrNO3/c11-7-4-6-2-1-3-12-9(6)8(5-7)10(13,14)15/h1-5,13-15H. The van der Waals surface area contributed by atoms with Crippen LogP contribution in [0.5, 0.6) is 0 Å². The highest BCUT2D eigenvalue weighted by atomic mass is 79.9. The average Bonchev–Trinajstić information content (AvgIpc) is 2.15. The minimum absolute atomic E-state index is 0.0486. The predicted molar refractivity (Wildman–Crippen MR) is 57.8 cm³/mol. The Morgan fingerprint density at radius 2 is 1.93 bits per heavy atom. The first-order valence-electron chi connectivity index (χ1n) is 4.20. The molecule has 2 aromatic rings. The van der Waals surface area contributed by atoms with E-state index >= 15 is 0 Å². The van der Waals surface area contributed by atoms with Crippen LogP contribution in [0.15, 0.2) is 34.9 Å². The van der Waals surface area contributed by atoms with E-state index in [1.165, 1.54) is 12.3 Å². The highest BCUT2D eigenvalue weighted by Gasteiger charge is 2.25. The van der Waals surface area contributed by atoms with E-state index in [2.05, 4.69) is 20.9 Å². The van der Waals surface area contributed by atoms with Gasteiger partial charge in [-0.25, -0.2) is 0 Å². The zero-order valence-corrected chi connectivity index (χ0v) is 9.14. The summed E-state index contributed by atoms with van der Waals surface area (Å²) < 4.78 is 0.638. The van der Waals surface area contributed by atoms with Crippen molar-refractivity contribution in [3.8, 4) is 0 Å². The van der Waals surface area contributed by atoms with Crippen LogP contribution in [0.1, 0.15) is 5.56 Å². The number of benzene rings is 1. The van der Waals surface area contributed by atoms with Crippen LogP contribution in [0.4, 0.5) is 0 Å². The van der Waals surface area contributed by atoms with Gasteiger partial charge in [-0.1, -0.05) is 22.0 Å². The molecule has 2 rings (SSSR count). The lowest BCUT2D eigenvalue weighted by Gasteiger charge is -2.16. The van der Waals surface area contributed by atoms with Gasteiger partial charge in [0.05, 0.1) is 11.1 Å². The van der Waals surface area contributed by atoms with Crippen molar-refractivity contribution in [3.63, 3.8) is 0 Å². The van der Waals surface area contributed by atoms with E-state index in [0.717, 1.165) is 0 Å². The van der Waals surface area contributed by atoms with Crippen molar-refractivity contribution in [3.05, 3.63) is 40.5 Å². The van der Waals surface area contributed by atoms with Gasteiger partial charge in [-0.3, -0.25) is 4.98 Å². The largest absolute Gasteiger partial charge is 0.340 e. The fraction of sp³-hybridized carbons (Fsp3) is 0.100. The van der Waals surface area contributed by atoms with Crippen molar-refractivity contribution in [2.45, 2.75) is 5.97 Å². The third-order valence-electron chi connectivity index (χ3n) is 2.03. The van der Waals surface area contributed by atoms with Gasteiger partial charge in [-0.15, -0.1) is 0 Å². The highest BCUT2D eigenvalue weighted by Crippen LogP contribution is 2.27. The molecule has 0 aliphatic heterocycles. The Morgan fingerprint density at radius 1 is 1.20 bits per heavy atom. The van der Waals surface area contributed by atoms with Crippen molar-refractivity contribution in [2.75, 3.05) is 0 Å². The fourth-order valence-corrected chi connectivity index (χ4v) is 1.89. The van der Waals surface area contributed by atoms with Crippen LogP contribution in [0.2, 0.25) is 0 Å². The third kappa shape index (κ3) is 2.00. The Hall–Kier alpha value is -1.01. The molecule has 4 nitrogen and oxygen atoms in total. The second-order valence-corrected chi connectivity index (χ2v) is 4.08. The third-order valence-corrected chi connectivity index (χ3v) is 2.49. The normalized spacial score (nSPS) is 12.0. The molecule has 78 valence electrons. The molecule has 3 N–H and O–H groups in total. The number of fused-ring (bicyclic) bond motifs is 1. The van der Waals surface area contributed by atoms with Gasteiger partial charge in [-0.2, -0.15) is 0 Å². The Kier molecular flexibility index (Phi) is 2.47. The van der Waals surface area contributed by atoms with Gasteiger partial charge in [0, 0.05) is 16.1 Å². The zero-order chi connectivity index (χ0) is 11.1. The molecule has 1 aromatic heterocycles. The zero-order valence-electron chi connectivity index (χ0n) is 7.55. The van der Waals surface area contributed by atoms with Crippen LogP contribution < -0.4 is 0 Å². The number of hydrogen-bond donors (Lipinski definition) is 3. The second-order valence-electron chi connectivity index (χ2n) is 3.16. The molecule has 15 heavy (non-hydrogen) atoms. The monoisotopic (exact) mass is 269 g/mol. The molecule has 0 aliphatic rings. The van der Waals surface area contributed by atoms with E-state index in [-0.39, 0.29) is 5.56 Å². The van der Waals surface area contributed by atoms with Gasteiger partial charge < -0.3 is 15.3 Å². The second kappa shape index (κ2) is 3.53. The summed E-state index contributed by atoms with van der Waals surface area (Å²) in [5.74, 6) is -2.88. The molecule has 0 fully saturated rings. The van der Waals surface area contributed by atoms with Crippen LogP contribution in [0.25, 0.3) is 10.9 Å². The van der Waals surface area contributed by atoms with Crippen molar-refractivity contribution in [1.82, 2.24) is 4.98 Å². The molecule has 0 saturated heterocycles. The molecule has 1 heterocycles. The molecular weight excluding hydrogens is 262 g/mol. The molecule has 1 aromatic carbocycles. The van der Waals surface area contributed by atoms with Crippen LogP contribution >= 0.6 is 15.9 Å². The van der Waals surface area contributed by atoms with Gasteiger partial charge in [0.25, 0.3) is 0 Å². The topological polar surface area (TPSA) is 73.6 Å². The molecule has 0 radical (unpaired) electrons. The molecule has 0 unspecified atom stereocenters. The van der Waals surface area contributed by atoms with Gasteiger partial charge >= 0.3 is 5.97 Å². The molecule has 0 aliphatic carbocycles. The van der Waals surface area contributed by atoms with E-state index in [1.54, 1.807) is 18.2 Å². The van der Waals surface area contributed by atoms with E-state index in [0.29, 0.717) is 15.4 Å². The first-order valence-corrected chi connectivity index (χ1v) is 4.99. The number of hydrogen-bond acceptors (Lipinski definition) is 4. The first kappa shape index (κ1) is 10.5. The van der Waals surface area contributed by atoms with Crippen LogP contribution in [0, 0.1) is 0 Å². The predicted octanol–water partition coefficient (Wildman–Crippen LogP) is 1.08. The molecular formula is C10H8BrNO3. The summed E-state index contributed by atoms with van der Waals surface area (Å²) in [6, 6.07) is 6.68. The number of aliphatic hydroxyl groups is 3. The number of rotatable bonds is 1. The van der Waals surface area contributed by atoms with E-state index in [4.69, 9.17) is 15.3 Å². The lowest BCUT2D eigenvalue weighted by molar-refractivity contribution is -0.323. The summed E-state index contributed by atoms with van der Waals surface area (Å²) in [6.45, 7) is 0. The minimum Gasteiger partial charge on any atom is -0.340 e. The summed E-state index contributed by atoms with van der Waals surface area (Å²) in [7, 11) is 0.